The summed E-state index contributed by atoms with van der Waals surface area (Å²) in [4.78, 5) is 24.5. The molecule has 2 aliphatic rings. The fourth-order valence-electron chi connectivity index (χ4n) is 4.58. The number of nitrogens with one attached hydrogen (secondary N) is 3. The van der Waals surface area contributed by atoms with Crippen molar-refractivity contribution < 1.29 is 22.7 Å². The lowest BCUT2D eigenvalue weighted by atomic mass is 9.81. The van der Waals surface area contributed by atoms with Crippen LogP contribution < -0.4 is 20.1 Å². The summed E-state index contributed by atoms with van der Waals surface area (Å²) < 4.78 is 33.6. The predicted octanol–water partition coefficient (Wildman–Crippen LogP) is 3.69. The van der Waals surface area contributed by atoms with Crippen LogP contribution in [0, 0.1) is 11.8 Å². The second kappa shape index (κ2) is 10.6. The number of benzene rings is 2. The molecular formula is C25H31N3O5S. The SMILES string of the molecule is COc1ccc(NC(=O)C2CCC(CNS(=O)(=O)c3ccc4c(c3)CCCC(=O)N4)CC2)cc1. The number of amides is 2. The van der Waals surface area contributed by atoms with Crippen LogP contribution in [0.15, 0.2) is 47.4 Å². The number of hydrogen-bond acceptors (Lipinski definition) is 5. The molecule has 2 amide bonds. The van der Waals surface area contributed by atoms with Gasteiger partial charge in [0.25, 0.3) is 0 Å². The summed E-state index contributed by atoms with van der Waals surface area (Å²) in [5.74, 6) is 0.815. The lowest BCUT2D eigenvalue weighted by molar-refractivity contribution is -0.121. The van der Waals surface area contributed by atoms with Gasteiger partial charge in [0.15, 0.2) is 0 Å². The lowest BCUT2D eigenvalue weighted by Gasteiger charge is -2.28. The van der Waals surface area contributed by atoms with E-state index in [-0.39, 0.29) is 28.5 Å². The molecular weight excluding hydrogens is 454 g/mol. The molecule has 4 rings (SSSR count). The fraction of sp³-hybridized carbons (Fsp3) is 0.440. The molecule has 3 N–H and O–H groups in total. The number of carbonyl (C=O) groups excluding carboxylic acids is 2. The van der Waals surface area contributed by atoms with Crippen molar-refractivity contribution >= 4 is 33.2 Å². The van der Waals surface area contributed by atoms with Gasteiger partial charge in [0.05, 0.1) is 12.0 Å². The monoisotopic (exact) mass is 485 g/mol. The Kier molecular flexibility index (Phi) is 7.53. The van der Waals surface area contributed by atoms with Crippen LogP contribution in [-0.2, 0) is 26.0 Å². The Morgan fingerprint density at radius 1 is 1.06 bits per heavy atom. The van der Waals surface area contributed by atoms with Gasteiger partial charge in [-0.2, -0.15) is 0 Å². The molecule has 1 aliphatic carbocycles. The quantitative estimate of drug-likeness (QED) is 0.554. The Hall–Kier alpha value is -2.91. The van der Waals surface area contributed by atoms with E-state index < -0.39 is 10.0 Å². The number of methoxy groups -OCH3 is 1. The lowest BCUT2D eigenvalue weighted by Crippen LogP contribution is -2.33. The summed E-state index contributed by atoms with van der Waals surface area (Å²) in [6, 6.07) is 12.1. The molecule has 0 radical (unpaired) electrons. The number of rotatable bonds is 7. The van der Waals surface area contributed by atoms with Crippen LogP contribution >= 0.6 is 0 Å². The van der Waals surface area contributed by atoms with Crippen molar-refractivity contribution in [2.24, 2.45) is 11.8 Å². The van der Waals surface area contributed by atoms with Crippen molar-refractivity contribution in [3.8, 4) is 5.75 Å². The van der Waals surface area contributed by atoms with Gasteiger partial charge in [-0.1, -0.05) is 0 Å². The van der Waals surface area contributed by atoms with Crippen LogP contribution in [0.1, 0.15) is 44.1 Å². The van der Waals surface area contributed by atoms with Crippen LogP contribution in [0.3, 0.4) is 0 Å². The van der Waals surface area contributed by atoms with Crippen molar-refractivity contribution in [2.45, 2.75) is 49.8 Å². The van der Waals surface area contributed by atoms with Crippen LogP contribution in [0.25, 0.3) is 0 Å². The molecule has 9 heteroatoms. The first-order chi connectivity index (χ1) is 16.3. The van der Waals surface area contributed by atoms with E-state index in [2.05, 4.69) is 15.4 Å². The number of fused-ring (bicyclic) bond motifs is 1. The largest absolute Gasteiger partial charge is 0.497 e. The number of ether oxygens (including phenoxy) is 1. The van der Waals surface area contributed by atoms with Gasteiger partial charge in [-0.25, -0.2) is 13.1 Å². The van der Waals surface area contributed by atoms with E-state index in [4.69, 9.17) is 4.74 Å². The summed E-state index contributed by atoms with van der Waals surface area (Å²) >= 11 is 0. The van der Waals surface area contributed by atoms with Gasteiger partial charge in [-0.3, -0.25) is 9.59 Å². The molecule has 1 fully saturated rings. The molecule has 8 nitrogen and oxygen atoms in total. The maximum Gasteiger partial charge on any atom is 0.240 e. The maximum absolute atomic E-state index is 12.9. The van der Waals surface area contributed by atoms with Crippen molar-refractivity contribution in [3.63, 3.8) is 0 Å². The highest BCUT2D eigenvalue weighted by atomic mass is 32.2. The Bertz CT molecular complexity index is 1140. The minimum Gasteiger partial charge on any atom is -0.497 e. The first kappa shape index (κ1) is 24.2. The topological polar surface area (TPSA) is 114 Å². The number of anilines is 2. The average molecular weight is 486 g/mol. The zero-order valence-electron chi connectivity index (χ0n) is 19.3. The fourth-order valence-corrected chi connectivity index (χ4v) is 5.74. The minimum absolute atomic E-state index is 0.00117. The molecule has 0 bridgehead atoms. The van der Waals surface area contributed by atoms with E-state index >= 15 is 0 Å². The molecule has 2 aromatic carbocycles. The van der Waals surface area contributed by atoms with E-state index in [1.54, 1.807) is 31.4 Å². The average Bonchev–Trinajstić information content (AvgIpc) is 3.03. The van der Waals surface area contributed by atoms with E-state index in [0.29, 0.717) is 31.5 Å². The molecule has 34 heavy (non-hydrogen) atoms. The van der Waals surface area contributed by atoms with Crippen LogP contribution in [0.4, 0.5) is 11.4 Å². The summed E-state index contributed by atoms with van der Waals surface area (Å²) in [5.41, 5.74) is 2.27. The third-order valence-electron chi connectivity index (χ3n) is 6.65. The smallest absolute Gasteiger partial charge is 0.240 e. The first-order valence-electron chi connectivity index (χ1n) is 11.7. The highest BCUT2D eigenvalue weighted by molar-refractivity contribution is 7.89. The highest BCUT2D eigenvalue weighted by Crippen LogP contribution is 2.30. The molecule has 2 aromatic rings. The Labute approximate surface area is 200 Å². The Balaban J connectivity index is 1.27. The van der Waals surface area contributed by atoms with Crippen molar-refractivity contribution in [2.75, 3.05) is 24.3 Å². The summed E-state index contributed by atoms with van der Waals surface area (Å²) in [5, 5.41) is 5.78. The number of carbonyl (C=O) groups is 2. The third kappa shape index (κ3) is 5.95. The number of sulfonamides is 1. The van der Waals surface area contributed by atoms with E-state index in [0.717, 1.165) is 42.7 Å². The van der Waals surface area contributed by atoms with Gasteiger partial charge in [0.1, 0.15) is 5.75 Å². The van der Waals surface area contributed by atoms with Crippen molar-refractivity contribution in [3.05, 3.63) is 48.0 Å². The predicted molar refractivity (Wildman–Crippen MR) is 130 cm³/mol. The van der Waals surface area contributed by atoms with E-state index in [1.807, 2.05) is 12.1 Å². The van der Waals surface area contributed by atoms with E-state index in [1.165, 1.54) is 6.07 Å². The summed E-state index contributed by atoms with van der Waals surface area (Å²) in [7, 11) is -2.05. The standard InChI is InChI=1S/C25H31N3O5S/c1-33-21-11-9-20(10-12-21)27-25(30)18-7-5-17(6-8-18)16-26-34(31,32)22-13-14-23-19(15-22)3-2-4-24(29)28-23/h9-15,17-18,26H,2-8,16H2,1H3,(H,27,30)(H,28,29). The number of hydrogen-bond donors (Lipinski definition) is 3. The van der Waals surface area contributed by atoms with Crippen LogP contribution in [0.5, 0.6) is 5.75 Å². The molecule has 0 aromatic heterocycles. The normalized spacial score (nSPS) is 20.6. The van der Waals surface area contributed by atoms with Gasteiger partial charge in [-0.15, -0.1) is 0 Å². The third-order valence-corrected chi connectivity index (χ3v) is 8.07. The molecule has 1 aliphatic heterocycles. The van der Waals surface area contributed by atoms with Crippen LogP contribution in [-0.4, -0.2) is 33.9 Å². The summed E-state index contributed by atoms with van der Waals surface area (Å²) in [6.07, 6.45) is 4.85. The number of aryl methyl sites for hydroxylation is 1. The van der Waals surface area contributed by atoms with Gasteiger partial charge in [-0.05, 0) is 92.5 Å². The van der Waals surface area contributed by atoms with Gasteiger partial charge in [0, 0.05) is 30.3 Å². The molecule has 0 atom stereocenters. The Morgan fingerprint density at radius 2 is 1.79 bits per heavy atom. The molecule has 1 saturated carbocycles. The van der Waals surface area contributed by atoms with Crippen molar-refractivity contribution in [1.82, 2.24) is 4.72 Å². The Morgan fingerprint density at radius 3 is 2.50 bits per heavy atom. The molecule has 0 spiro atoms. The van der Waals surface area contributed by atoms with Gasteiger partial charge < -0.3 is 15.4 Å². The van der Waals surface area contributed by atoms with Gasteiger partial charge in [0.2, 0.25) is 21.8 Å². The molecule has 182 valence electrons. The highest BCUT2D eigenvalue weighted by Gasteiger charge is 2.28. The first-order valence-corrected chi connectivity index (χ1v) is 13.2. The zero-order chi connectivity index (χ0) is 24.1. The summed E-state index contributed by atoms with van der Waals surface area (Å²) in [6.45, 7) is 0.350. The zero-order valence-corrected chi connectivity index (χ0v) is 20.1. The van der Waals surface area contributed by atoms with Crippen LogP contribution in [0.2, 0.25) is 0 Å². The minimum atomic E-state index is -3.65. The second-order valence-electron chi connectivity index (χ2n) is 9.01. The van der Waals surface area contributed by atoms with E-state index in [9.17, 15) is 18.0 Å². The van der Waals surface area contributed by atoms with Gasteiger partial charge >= 0.3 is 0 Å². The maximum atomic E-state index is 12.9. The molecule has 1 heterocycles. The second-order valence-corrected chi connectivity index (χ2v) is 10.8. The molecule has 0 saturated heterocycles. The van der Waals surface area contributed by atoms with Crippen molar-refractivity contribution in [1.29, 1.82) is 0 Å². The molecule has 0 unspecified atom stereocenters.